The van der Waals surface area contributed by atoms with Crippen molar-refractivity contribution >= 4 is 10.0 Å². The molecule has 0 aromatic rings. The molecule has 0 aromatic carbocycles. The summed E-state index contributed by atoms with van der Waals surface area (Å²) in [4.78, 5) is 0. The molecular weight excluding hydrogens is 223 g/mol. The van der Waals surface area contributed by atoms with E-state index in [1.54, 1.807) is 0 Å². The van der Waals surface area contributed by atoms with Crippen molar-refractivity contribution in [3.63, 3.8) is 0 Å². The molecule has 4 nitrogen and oxygen atoms in total. The molecule has 0 saturated heterocycles. The number of alkyl halides is 3. The molecule has 0 atom stereocenters. The maximum Gasteiger partial charge on any atom is 0.511 e. The molecule has 0 aliphatic rings. The van der Waals surface area contributed by atoms with Gasteiger partial charge in [0.15, 0.2) is 0 Å². The van der Waals surface area contributed by atoms with E-state index in [1.165, 1.54) is 13.8 Å². The van der Waals surface area contributed by atoms with Crippen LogP contribution in [0.2, 0.25) is 0 Å². The Morgan fingerprint density at radius 2 is 1.64 bits per heavy atom. The van der Waals surface area contributed by atoms with E-state index in [1.807, 2.05) is 0 Å². The van der Waals surface area contributed by atoms with Gasteiger partial charge in [0, 0.05) is 7.05 Å². The van der Waals surface area contributed by atoms with Crippen molar-refractivity contribution < 1.29 is 26.7 Å². The number of hydrogen-bond donors (Lipinski definition) is 1. The number of hydrogen-bond acceptors (Lipinski definition) is 3. The highest BCUT2D eigenvalue weighted by Gasteiger charge is 2.52. The minimum Gasteiger partial charge on any atom is -0.394 e. The molecule has 14 heavy (non-hydrogen) atoms. The summed E-state index contributed by atoms with van der Waals surface area (Å²) in [5, 5.41) is 8.72. The molecular formula is C6H12F3NO3S. The molecule has 0 amide bonds. The number of halogens is 3. The van der Waals surface area contributed by atoms with Crippen LogP contribution in [-0.4, -0.2) is 42.5 Å². The van der Waals surface area contributed by atoms with E-state index in [9.17, 15) is 21.6 Å². The van der Waals surface area contributed by atoms with Gasteiger partial charge in [-0.3, -0.25) is 0 Å². The third-order valence-electron chi connectivity index (χ3n) is 1.89. The summed E-state index contributed by atoms with van der Waals surface area (Å²) >= 11 is 0. The molecule has 0 bridgehead atoms. The first-order chi connectivity index (χ1) is 5.97. The maximum atomic E-state index is 12.0. The van der Waals surface area contributed by atoms with Gasteiger partial charge in [-0.1, -0.05) is 0 Å². The second-order valence-corrected chi connectivity index (χ2v) is 5.35. The van der Waals surface area contributed by atoms with Crippen molar-refractivity contribution in [2.45, 2.75) is 24.9 Å². The first kappa shape index (κ1) is 13.7. The molecule has 0 fully saturated rings. The van der Waals surface area contributed by atoms with Crippen LogP contribution in [-0.2, 0) is 10.0 Å². The zero-order valence-corrected chi connectivity index (χ0v) is 8.78. The minimum absolute atomic E-state index is 0.111. The first-order valence-corrected chi connectivity index (χ1v) is 5.07. The van der Waals surface area contributed by atoms with Gasteiger partial charge in [-0.15, -0.1) is 0 Å². The Labute approximate surface area is 80.4 Å². The number of likely N-dealkylation sites (N-methyl/N-ethyl adjacent to an activating group) is 1. The van der Waals surface area contributed by atoms with E-state index in [4.69, 9.17) is 5.11 Å². The Bertz CT molecular complexity index is 296. The predicted octanol–water partition coefficient (Wildman–Crippen LogP) is 0.539. The Kier molecular flexibility index (Phi) is 3.58. The lowest BCUT2D eigenvalue weighted by molar-refractivity contribution is -0.0518. The Balaban J connectivity index is 5.16. The molecule has 0 unspecified atom stereocenters. The fraction of sp³-hybridized carbons (Fsp3) is 1.00. The molecule has 0 heterocycles. The lowest BCUT2D eigenvalue weighted by Gasteiger charge is -2.32. The zero-order valence-electron chi connectivity index (χ0n) is 7.96. The van der Waals surface area contributed by atoms with Crippen molar-refractivity contribution in [2.24, 2.45) is 0 Å². The van der Waals surface area contributed by atoms with Crippen LogP contribution in [0.3, 0.4) is 0 Å². The predicted molar refractivity (Wildman–Crippen MR) is 43.9 cm³/mol. The van der Waals surface area contributed by atoms with Crippen LogP contribution in [0.15, 0.2) is 0 Å². The summed E-state index contributed by atoms with van der Waals surface area (Å²) in [6, 6.07) is 0. The summed E-state index contributed by atoms with van der Waals surface area (Å²) < 4.78 is 57.9. The Morgan fingerprint density at radius 1 is 1.29 bits per heavy atom. The quantitative estimate of drug-likeness (QED) is 0.776. The molecule has 86 valence electrons. The number of aliphatic hydroxyl groups is 1. The average Bonchev–Trinajstić information content (AvgIpc) is 2.01. The molecule has 0 aliphatic carbocycles. The van der Waals surface area contributed by atoms with E-state index in [-0.39, 0.29) is 4.31 Å². The monoisotopic (exact) mass is 235 g/mol. The van der Waals surface area contributed by atoms with Crippen LogP contribution < -0.4 is 0 Å². The van der Waals surface area contributed by atoms with Crippen molar-refractivity contribution in [3.8, 4) is 0 Å². The van der Waals surface area contributed by atoms with Gasteiger partial charge in [0.1, 0.15) is 0 Å². The standard InChI is InChI=1S/C6H12F3NO3S/c1-5(2,4-11)10(3)14(12,13)6(7,8)9/h11H,4H2,1-3H3. The van der Waals surface area contributed by atoms with Gasteiger partial charge in [0.2, 0.25) is 0 Å². The minimum atomic E-state index is -5.37. The van der Waals surface area contributed by atoms with E-state index in [2.05, 4.69) is 0 Å². The number of rotatable bonds is 3. The van der Waals surface area contributed by atoms with Gasteiger partial charge in [-0.2, -0.15) is 17.5 Å². The number of aliphatic hydroxyl groups excluding tert-OH is 1. The van der Waals surface area contributed by atoms with Crippen molar-refractivity contribution in [2.75, 3.05) is 13.7 Å². The summed E-state index contributed by atoms with van der Waals surface area (Å²) in [5.74, 6) is 0. The number of nitrogens with zero attached hydrogens (tertiary/aromatic N) is 1. The summed E-state index contributed by atoms with van der Waals surface area (Å²) in [6.45, 7) is 1.69. The van der Waals surface area contributed by atoms with Crippen LogP contribution in [0, 0.1) is 0 Å². The molecule has 0 aromatic heterocycles. The van der Waals surface area contributed by atoms with Gasteiger partial charge in [0.25, 0.3) is 0 Å². The zero-order chi connectivity index (χ0) is 11.8. The van der Waals surface area contributed by atoms with Gasteiger partial charge < -0.3 is 5.11 Å². The van der Waals surface area contributed by atoms with Crippen LogP contribution in [0.5, 0.6) is 0 Å². The summed E-state index contributed by atoms with van der Waals surface area (Å²) in [6.07, 6.45) is 0. The molecule has 0 saturated carbocycles. The van der Waals surface area contributed by atoms with Gasteiger partial charge >= 0.3 is 15.5 Å². The maximum absolute atomic E-state index is 12.0. The topological polar surface area (TPSA) is 57.6 Å². The molecule has 1 N–H and O–H groups in total. The van der Waals surface area contributed by atoms with Gasteiger partial charge in [-0.25, -0.2) is 8.42 Å². The second kappa shape index (κ2) is 3.67. The van der Waals surface area contributed by atoms with Crippen molar-refractivity contribution in [1.29, 1.82) is 0 Å². The third-order valence-corrected chi connectivity index (χ3v) is 3.69. The van der Waals surface area contributed by atoms with Crippen molar-refractivity contribution in [1.82, 2.24) is 4.31 Å². The number of sulfonamides is 1. The molecule has 0 rings (SSSR count). The first-order valence-electron chi connectivity index (χ1n) is 3.63. The van der Waals surface area contributed by atoms with Crippen molar-refractivity contribution in [3.05, 3.63) is 0 Å². The molecule has 0 spiro atoms. The SMILES string of the molecule is CN(C(C)(C)CO)S(=O)(=O)C(F)(F)F. The fourth-order valence-electron chi connectivity index (χ4n) is 0.580. The van der Waals surface area contributed by atoms with Gasteiger partial charge in [0.05, 0.1) is 12.1 Å². The molecule has 8 heteroatoms. The summed E-state index contributed by atoms with van der Waals surface area (Å²) in [7, 11) is -4.60. The van der Waals surface area contributed by atoms with E-state index >= 15 is 0 Å². The van der Waals surface area contributed by atoms with Gasteiger partial charge in [-0.05, 0) is 13.8 Å². The second-order valence-electron chi connectivity index (χ2n) is 3.39. The Hall–Kier alpha value is -0.340. The average molecular weight is 235 g/mol. The van der Waals surface area contributed by atoms with Crippen LogP contribution >= 0.6 is 0 Å². The lowest BCUT2D eigenvalue weighted by Crippen LogP contribution is -2.51. The smallest absolute Gasteiger partial charge is 0.394 e. The van der Waals surface area contributed by atoms with Crippen LogP contribution in [0.25, 0.3) is 0 Å². The van der Waals surface area contributed by atoms with E-state index < -0.39 is 27.7 Å². The van der Waals surface area contributed by atoms with E-state index in [0.29, 0.717) is 0 Å². The normalized spacial score (nSPS) is 14.9. The largest absolute Gasteiger partial charge is 0.511 e. The lowest BCUT2D eigenvalue weighted by atomic mass is 10.1. The third kappa shape index (κ3) is 2.37. The van der Waals surface area contributed by atoms with E-state index in [0.717, 1.165) is 7.05 Å². The summed E-state index contributed by atoms with van der Waals surface area (Å²) in [5.41, 5.74) is -6.82. The van der Waals surface area contributed by atoms with Crippen LogP contribution in [0.4, 0.5) is 13.2 Å². The Morgan fingerprint density at radius 3 is 1.86 bits per heavy atom. The highest BCUT2D eigenvalue weighted by Crippen LogP contribution is 2.30. The molecule has 0 aliphatic heterocycles. The fourth-order valence-corrected chi connectivity index (χ4v) is 1.60. The highest BCUT2D eigenvalue weighted by atomic mass is 32.2. The highest BCUT2D eigenvalue weighted by molar-refractivity contribution is 7.90. The molecule has 0 radical (unpaired) electrons. The van der Waals surface area contributed by atoms with Crippen LogP contribution in [0.1, 0.15) is 13.8 Å².